The molecular formula is C48H68N12O19. The summed E-state index contributed by atoms with van der Waals surface area (Å²) in [6.45, 7) is 5.85. The molecular weight excluding hydrogens is 1050 g/mol. The molecule has 2 aliphatic heterocycles. The largest absolute Gasteiger partial charge is 0.481 e. The van der Waals surface area contributed by atoms with Crippen molar-refractivity contribution in [3.63, 3.8) is 0 Å². The number of nitro benzene ring substituents is 1. The quantitative estimate of drug-likeness (QED) is 0.0267. The molecule has 11 amide bonds. The number of amides is 11. The third-order valence-corrected chi connectivity index (χ3v) is 12.9. The number of hydrogen-bond donors (Lipinski definition) is 13. The molecule has 3 rings (SSSR count). The molecule has 0 unspecified atom stereocenters. The summed E-state index contributed by atoms with van der Waals surface area (Å²) >= 11 is 0. The van der Waals surface area contributed by atoms with Crippen LogP contribution in [0.3, 0.4) is 0 Å². The predicted molar refractivity (Wildman–Crippen MR) is 270 cm³/mol. The van der Waals surface area contributed by atoms with Gasteiger partial charge in [-0.2, -0.15) is 0 Å². The zero-order valence-electron chi connectivity index (χ0n) is 43.8. The minimum Gasteiger partial charge on any atom is -0.481 e. The molecule has 0 saturated carbocycles. The summed E-state index contributed by atoms with van der Waals surface area (Å²) in [4.78, 5) is 194. The van der Waals surface area contributed by atoms with Crippen molar-refractivity contribution in [2.45, 2.75) is 159 Å². The van der Waals surface area contributed by atoms with Crippen LogP contribution in [0.1, 0.15) is 104 Å². The number of carbonyl (C=O) groups excluding carboxylic acids is 11. The van der Waals surface area contributed by atoms with Crippen LogP contribution in [0, 0.1) is 22.0 Å². The summed E-state index contributed by atoms with van der Waals surface area (Å²) in [5.41, 5.74) is 10.6. The molecule has 2 saturated heterocycles. The van der Waals surface area contributed by atoms with Gasteiger partial charge < -0.3 is 74.2 Å². The van der Waals surface area contributed by atoms with Crippen LogP contribution in [-0.4, -0.2) is 169 Å². The molecule has 0 radical (unpaired) electrons. The van der Waals surface area contributed by atoms with Gasteiger partial charge in [0.15, 0.2) is 5.92 Å². The number of primary amides is 2. The molecule has 31 nitrogen and oxygen atoms in total. The van der Waals surface area contributed by atoms with Crippen LogP contribution in [0.15, 0.2) is 24.3 Å². The number of carboxylic acid groups (broad SMARTS) is 3. The van der Waals surface area contributed by atoms with E-state index in [9.17, 15) is 92.6 Å². The highest BCUT2D eigenvalue weighted by atomic mass is 16.6. The lowest BCUT2D eigenvalue weighted by molar-refractivity contribution is -0.384. The highest BCUT2D eigenvalue weighted by Gasteiger charge is 2.41. The van der Waals surface area contributed by atoms with Gasteiger partial charge >= 0.3 is 17.9 Å². The average Bonchev–Trinajstić information content (AvgIpc) is 3.86. The first kappa shape index (κ1) is 64.5. The Hall–Kier alpha value is -8.80. The molecule has 9 atom stereocenters. The van der Waals surface area contributed by atoms with E-state index in [0.717, 1.165) is 19.1 Å². The molecule has 1 aromatic carbocycles. The Kier molecular flexibility index (Phi) is 24.7. The Morgan fingerprint density at radius 1 is 0.734 bits per heavy atom. The number of nitrogens with zero attached hydrogens (tertiary/aromatic N) is 2. The van der Waals surface area contributed by atoms with Gasteiger partial charge in [0, 0.05) is 44.9 Å². The van der Waals surface area contributed by atoms with Crippen LogP contribution in [-0.2, 0) is 73.5 Å². The van der Waals surface area contributed by atoms with Crippen molar-refractivity contribution in [1.82, 2.24) is 47.4 Å². The molecule has 79 heavy (non-hydrogen) atoms. The van der Waals surface area contributed by atoms with Gasteiger partial charge in [0.05, 0.1) is 11.3 Å². The summed E-state index contributed by atoms with van der Waals surface area (Å²) in [7, 11) is 0. The summed E-state index contributed by atoms with van der Waals surface area (Å²) in [5, 5.41) is 58.8. The number of carboxylic acids is 3. The third kappa shape index (κ3) is 20.3. The van der Waals surface area contributed by atoms with Gasteiger partial charge in [-0.15, -0.1) is 0 Å². The topological polar surface area (TPSA) is 494 Å². The number of hydrogen-bond acceptors (Lipinski definition) is 16. The van der Waals surface area contributed by atoms with E-state index in [1.165, 1.54) is 24.0 Å². The van der Waals surface area contributed by atoms with E-state index in [-0.39, 0.29) is 62.2 Å². The minimum absolute atomic E-state index is 0.0462. The summed E-state index contributed by atoms with van der Waals surface area (Å²) in [6.07, 6.45) is -2.97. The Morgan fingerprint density at radius 3 is 1.90 bits per heavy atom. The van der Waals surface area contributed by atoms with E-state index in [1.54, 1.807) is 13.8 Å². The monoisotopic (exact) mass is 1120 g/mol. The maximum Gasteiger partial charge on any atom is 0.317 e. The molecule has 15 N–H and O–H groups in total. The summed E-state index contributed by atoms with van der Waals surface area (Å²) in [5.74, 6) is -18.7. The van der Waals surface area contributed by atoms with Crippen LogP contribution in [0.4, 0.5) is 5.69 Å². The molecule has 0 aliphatic carbocycles. The standard InChI is InChI=1S/C48H68N12O19/c1-22(2)37(52-24(4)61)46(73)59-18-8-11-34(59)45(72)55-29-10-7-5-6-9-28(41(68)58-33(21-36(63)64)43(70)51-23(3)39(66)56-31(38(50)65)20-27(47(74)75)48(76)77)53-44(71)32(19-25-12-14-26(15-13-25)60(78)79)57-42(69)30(54-40(29)67)16-17-35(49)62/h12-15,22-23,27-34,37H,5-11,16-21H2,1-4H3,(H2,49,62)(H2,50,65)(H,51,70)(H,52,61)(H,53,71)(H,54,67)(H,55,72)(H,56,66)(H,57,69)(H,58,68)(H,63,64)(H,74,75)(H,76,77)/t23-,28-,29-,30-,31-,32-,33-,34-,37-/m0/s1. The molecule has 2 heterocycles. The minimum atomic E-state index is -2.19. The fourth-order valence-corrected chi connectivity index (χ4v) is 8.59. The van der Waals surface area contributed by atoms with Crippen LogP contribution >= 0.6 is 0 Å². The number of nitrogens with one attached hydrogen (secondary N) is 8. The fraction of sp³-hybridized carbons (Fsp3) is 0.583. The number of non-ortho nitro benzene ring substituents is 1. The van der Waals surface area contributed by atoms with Gasteiger partial charge in [-0.1, -0.05) is 45.2 Å². The van der Waals surface area contributed by atoms with E-state index in [2.05, 4.69) is 37.2 Å². The highest BCUT2D eigenvalue weighted by molar-refractivity contribution is 6.00. The molecule has 0 bridgehead atoms. The number of benzene rings is 1. The molecule has 1 aromatic rings. The maximum atomic E-state index is 14.3. The van der Waals surface area contributed by atoms with Crippen molar-refractivity contribution in [3.05, 3.63) is 39.9 Å². The SMILES string of the molecule is CC(=O)N[C@H](C(=O)N1CCC[C@H]1C(=O)N[C@H]1CCCCC[C@@H](C(=O)N[C@@H](CC(=O)O)C(=O)N[C@@H](C)C(=O)N[C@@H](CC(C(=O)O)C(=O)O)C(N)=O)NC(=O)[C@H](Cc2ccc([N+](=O)[O-])cc2)NC(=O)[C@H](CCC(N)=O)NC1=O)C(C)C. The van der Waals surface area contributed by atoms with Gasteiger partial charge in [-0.3, -0.25) is 77.2 Å². The van der Waals surface area contributed by atoms with Crippen LogP contribution in [0.5, 0.6) is 0 Å². The zero-order valence-corrected chi connectivity index (χ0v) is 43.8. The normalized spacial score (nSPS) is 20.7. The maximum absolute atomic E-state index is 14.3. The van der Waals surface area contributed by atoms with E-state index in [1.807, 2.05) is 5.32 Å². The number of rotatable bonds is 24. The van der Waals surface area contributed by atoms with E-state index in [0.29, 0.717) is 6.42 Å². The lowest BCUT2D eigenvalue weighted by atomic mass is 9.99. The van der Waals surface area contributed by atoms with Gasteiger partial charge in [-0.05, 0) is 50.5 Å². The number of aliphatic carboxylic acids is 3. The van der Waals surface area contributed by atoms with Gasteiger partial charge in [0.25, 0.3) is 5.69 Å². The Labute approximate surface area is 451 Å². The molecule has 2 aliphatic rings. The molecule has 0 aromatic heterocycles. The number of nitro groups is 1. The number of carbonyl (C=O) groups is 14. The molecule has 31 heteroatoms. The second kappa shape index (κ2) is 30.2. The van der Waals surface area contributed by atoms with Gasteiger partial charge in [0.1, 0.15) is 54.4 Å². The van der Waals surface area contributed by atoms with Crippen molar-refractivity contribution >= 4 is 88.6 Å². The van der Waals surface area contributed by atoms with Gasteiger partial charge in [-0.25, -0.2) is 0 Å². The van der Waals surface area contributed by atoms with E-state index >= 15 is 0 Å². The average molecular weight is 1120 g/mol. The number of likely N-dealkylation sites (tertiary alicyclic amines) is 1. The first-order valence-corrected chi connectivity index (χ1v) is 25.2. The second-order valence-electron chi connectivity index (χ2n) is 19.4. The van der Waals surface area contributed by atoms with Crippen LogP contribution < -0.4 is 54.0 Å². The lowest BCUT2D eigenvalue weighted by Gasteiger charge is -2.31. The van der Waals surface area contributed by atoms with Crippen LogP contribution in [0.2, 0.25) is 0 Å². The van der Waals surface area contributed by atoms with Crippen molar-refractivity contribution in [2.75, 3.05) is 6.54 Å². The van der Waals surface area contributed by atoms with E-state index < -0.39 is 180 Å². The first-order valence-electron chi connectivity index (χ1n) is 25.2. The predicted octanol–water partition coefficient (Wildman–Crippen LogP) is -3.93. The van der Waals surface area contributed by atoms with Gasteiger partial charge in [0.2, 0.25) is 65.0 Å². The van der Waals surface area contributed by atoms with Crippen molar-refractivity contribution in [1.29, 1.82) is 0 Å². The molecule has 2 fully saturated rings. The van der Waals surface area contributed by atoms with Crippen molar-refractivity contribution in [2.24, 2.45) is 23.3 Å². The summed E-state index contributed by atoms with van der Waals surface area (Å²) in [6, 6.07) is -9.21. The molecule has 434 valence electrons. The lowest BCUT2D eigenvalue weighted by Crippen LogP contribution is -2.60. The van der Waals surface area contributed by atoms with Crippen molar-refractivity contribution < 1.29 is 87.4 Å². The Balaban J connectivity index is 2.02. The fourth-order valence-electron chi connectivity index (χ4n) is 8.59. The van der Waals surface area contributed by atoms with Crippen LogP contribution in [0.25, 0.3) is 0 Å². The smallest absolute Gasteiger partial charge is 0.317 e. The van der Waals surface area contributed by atoms with Crippen molar-refractivity contribution in [3.8, 4) is 0 Å². The van der Waals surface area contributed by atoms with E-state index in [4.69, 9.17) is 11.5 Å². The second-order valence-corrected chi connectivity index (χ2v) is 19.4. The Morgan fingerprint density at radius 2 is 1.34 bits per heavy atom. The zero-order chi connectivity index (χ0) is 59.4. The Bertz CT molecular complexity index is 2490. The number of nitrogens with two attached hydrogens (primary N) is 2. The third-order valence-electron chi connectivity index (χ3n) is 12.9. The highest BCUT2D eigenvalue weighted by Crippen LogP contribution is 2.22. The first-order chi connectivity index (χ1) is 37.0. The molecule has 0 spiro atoms. The summed E-state index contributed by atoms with van der Waals surface area (Å²) < 4.78 is 0.